The van der Waals surface area contributed by atoms with Crippen molar-refractivity contribution in [2.24, 2.45) is 0 Å². The van der Waals surface area contributed by atoms with Crippen LogP contribution in [0, 0.1) is 17.1 Å². The number of hydrogen-bond acceptors (Lipinski definition) is 4. The lowest BCUT2D eigenvalue weighted by Gasteiger charge is -2.13. The number of ether oxygens (including phenoxy) is 1. The monoisotopic (exact) mass is 334 g/mol. The number of rotatable bonds is 5. The Morgan fingerprint density at radius 1 is 1.22 bits per heavy atom. The van der Waals surface area contributed by atoms with E-state index in [0.717, 1.165) is 6.07 Å². The molecule has 7 heteroatoms. The fraction of sp³-hybridized carbons (Fsp3) is 0.188. The first kappa shape index (κ1) is 16.8. The molecule has 2 rings (SSSR count). The first-order valence-electron chi connectivity index (χ1n) is 6.81. The topological polar surface area (TPSA) is 79.2 Å². The minimum Gasteiger partial charge on any atom is -0.488 e. The van der Waals surface area contributed by atoms with Crippen LogP contribution in [0.25, 0.3) is 0 Å². The molecule has 0 atom stereocenters. The Morgan fingerprint density at radius 3 is 2.52 bits per heavy atom. The van der Waals surface area contributed by atoms with Gasteiger partial charge in [-0.05, 0) is 44.2 Å². The Labute approximate surface area is 134 Å². The summed E-state index contributed by atoms with van der Waals surface area (Å²) in [7, 11) is -4.01. The molecular formula is C16H15FN2O3S. The van der Waals surface area contributed by atoms with Crippen molar-refractivity contribution in [1.82, 2.24) is 0 Å². The van der Waals surface area contributed by atoms with Crippen molar-refractivity contribution in [3.8, 4) is 11.8 Å². The van der Waals surface area contributed by atoms with E-state index in [9.17, 15) is 12.8 Å². The molecule has 0 saturated heterocycles. The third-order valence-electron chi connectivity index (χ3n) is 2.87. The quantitative estimate of drug-likeness (QED) is 0.910. The Hall–Kier alpha value is -2.59. The zero-order chi connectivity index (χ0) is 17.0. The third-order valence-corrected chi connectivity index (χ3v) is 4.23. The van der Waals surface area contributed by atoms with Gasteiger partial charge in [0.25, 0.3) is 10.0 Å². The van der Waals surface area contributed by atoms with Gasteiger partial charge in [-0.25, -0.2) is 12.8 Å². The van der Waals surface area contributed by atoms with Crippen LogP contribution in [0.2, 0.25) is 0 Å². The third kappa shape index (κ3) is 3.99. The number of sulfonamides is 1. The molecule has 120 valence electrons. The highest BCUT2D eigenvalue weighted by atomic mass is 32.2. The number of nitriles is 1. The molecule has 0 aromatic heterocycles. The molecule has 0 bridgehead atoms. The molecule has 0 aliphatic heterocycles. The fourth-order valence-corrected chi connectivity index (χ4v) is 2.96. The summed E-state index contributed by atoms with van der Waals surface area (Å²) >= 11 is 0. The Bertz CT molecular complexity index is 858. The van der Waals surface area contributed by atoms with Gasteiger partial charge in [0.1, 0.15) is 6.07 Å². The zero-order valence-electron chi connectivity index (χ0n) is 12.6. The van der Waals surface area contributed by atoms with Gasteiger partial charge in [-0.2, -0.15) is 5.26 Å². The van der Waals surface area contributed by atoms with E-state index in [-0.39, 0.29) is 28.0 Å². The van der Waals surface area contributed by atoms with Gasteiger partial charge in [-0.1, -0.05) is 12.1 Å². The minimum atomic E-state index is -4.01. The number of anilines is 1. The maximum absolute atomic E-state index is 14.0. The lowest BCUT2D eigenvalue weighted by molar-refractivity contribution is 0.231. The molecule has 0 spiro atoms. The van der Waals surface area contributed by atoms with Crippen molar-refractivity contribution >= 4 is 15.7 Å². The Kier molecular flexibility index (Phi) is 4.86. The second kappa shape index (κ2) is 6.67. The molecule has 0 amide bonds. The van der Waals surface area contributed by atoms with Crippen molar-refractivity contribution in [3.05, 3.63) is 53.8 Å². The molecule has 0 aliphatic rings. The minimum absolute atomic E-state index is 0.0172. The second-order valence-electron chi connectivity index (χ2n) is 5.02. The van der Waals surface area contributed by atoms with E-state index in [4.69, 9.17) is 10.00 Å². The summed E-state index contributed by atoms with van der Waals surface area (Å²) in [5.74, 6) is -0.786. The van der Waals surface area contributed by atoms with Crippen LogP contribution < -0.4 is 9.46 Å². The van der Waals surface area contributed by atoms with Crippen LogP contribution in [0.15, 0.2) is 47.4 Å². The molecule has 0 heterocycles. The van der Waals surface area contributed by atoms with Gasteiger partial charge in [0, 0.05) is 0 Å². The van der Waals surface area contributed by atoms with E-state index in [1.807, 2.05) is 6.07 Å². The van der Waals surface area contributed by atoms with Crippen molar-refractivity contribution in [3.63, 3.8) is 0 Å². The van der Waals surface area contributed by atoms with Crippen LogP contribution in [0.5, 0.6) is 5.75 Å². The van der Waals surface area contributed by atoms with Crippen molar-refractivity contribution in [1.29, 1.82) is 5.26 Å². The van der Waals surface area contributed by atoms with Crippen LogP contribution in [0.1, 0.15) is 19.4 Å². The van der Waals surface area contributed by atoms with Crippen LogP contribution in [-0.2, 0) is 10.0 Å². The highest BCUT2D eigenvalue weighted by Crippen LogP contribution is 2.24. The standard InChI is InChI=1S/C16H15FN2O3S/c1-11(2)22-16-8-7-13(9-14(16)17)23(20,21)19-15-6-4-3-5-12(15)10-18/h3-9,11,19H,1-2H3. The number of benzene rings is 2. The molecule has 0 aliphatic carbocycles. The average Bonchev–Trinajstić information content (AvgIpc) is 2.49. The van der Waals surface area contributed by atoms with Crippen molar-refractivity contribution < 1.29 is 17.5 Å². The molecule has 0 fully saturated rings. The molecule has 0 radical (unpaired) electrons. The predicted molar refractivity (Wildman–Crippen MR) is 84.1 cm³/mol. The predicted octanol–water partition coefficient (Wildman–Crippen LogP) is 3.29. The van der Waals surface area contributed by atoms with E-state index in [1.54, 1.807) is 26.0 Å². The lowest BCUT2D eigenvalue weighted by Crippen LogP contribution is -2.14. The second-order valence-corrected chi connectivity index (χ2v) is 6.70. The summed E-state index contributed by atoms with van der Waals surface area (Å²) in [6.45, 7) is 3.48. The van der Waals surface area contributed by atoms with Gasteiger partial charge < -0.3 is 4.74 Å². The van der Waals surface area contributed by atoms with E-state index in [2.05, 4.69) is 4.72 Å². The van der Waals surface area contributed by atoms with Gasteiger partial charge >= 0.3 is 0 Å². The lowest BCUT2D eigenvalue weighted by atomic mass is 10.2. The molecule has 5 nitrogen and oxygen atoms in total. The average molecular weight is 334 g/mol. The SMILES string of the molecule is CC(C)Oc1ccc(S(=O)(=O)Nc2ccccc2C#N)cc1F. The van der Waals surface area contributed by atoms with Gasteiger partial charge in [0.05, 0.1) is 22.3 Å². The summed E-state index contributed by atoms with van der Waals surface area (Å²) < 4.78 is 46.1. The summed E-state index contributed by atoms with van der Waals surface area (Å²) in [6.07, 6.45) is -0.229. The smallest absolute Gasteiger partial charge is 0.262 e. The van der Waals surface area contributed by atoms with Gasteiger partial charge in [0.2, 0.25) is 0 Å². The summed E-state index contributed by atoms with van der Waals surface area (Å²) in [5.41, 5.74) is 0.314. The number of nitrogens with zero attached hydrogens (tertiary/aromatic N) is 1. The zero-order valence-corrected chi connectivity index (χ0v) is 13.4. The highest BCUT2D eigenvalue weighted by molar-refractivity contribution is 7.92. The number of para-hydroxylation sites is 1. The molecule has 2 aromatic rings. The van der Waals surface area contributed by atoms with Gasteiger partial charge in [0.15, 0.2) is 11.6 Å². The highest BCUT2D eigenvalue weighted by Gasteiger charge is 2.18. The van der Waals surface area contributed by atoms with E-state index in [0.29, 0.717) is 0 Å². The first-order chi connectivity index (χ1) is 10.8. The maximum atomic E-state index is 14.0. The van der Waals surface area contributed by atoms with Crippen LogP contribution in [0.4, 0.5) is 10.1 Å². The van der Waals surface area contributed by atoms with Crippen LogP contribution in [0.3, 0.4) is 0 Å². The summed E-state index contributed by atoms with van der Waals surface area (Å²) in [4.78, 5) is -0.251. The molecule has 1 N–H and O–H groups in total. The largest absolute Gasteiger partial charge is 0.488 e. The Balaban J connectivity index is 2.33. The van der Waals surface area contributed by atoms with E-state index in [1.165, 1.54) is 24.3 Å². The summed E-state index contributed by atoms with van der Waals surface area (Å²) in [6, 6.07) is 11.4. The summed E-state index contributed by atoms with van der Waals surface area (Å²) in [5, 5.41) is 8.99. The molecule has 2 aromatic carbocycles. The maximum Gasteiger partial charge on any atom is 0.262 e. The van der Waals surface area contributed by atoms with Crippen molar-refractivity contribution in [2.75, 3.05) is 4.72 Å². The normalized spacial score (nSPS) is 11.1. The van der Waals surface area contributed by atoms with E-state index < -0.39 is 15.8 Å². The van der Waals surface area contributed by atoms with Gasteiger partial charge in [-0.15, -0.1) is 0 Å². The van der Waals surface area contributed by atoms with Crippen LogP contribution in [-0.4, -0.2) is 14.5 Å². The molecular weight excluding hydrogens is 319 g/mol. The van der Waals surface area contributed by atoms with Crippen molar-refractivity contribution in [2.45, 2.75) is 24.8 Å². The van der Waals surface area contributed by atoms with Crippen LogP contribution >= 0.6 is 0 Å². The number of nitrogens with one attached hydrogen (secondary N) is 1. The molecule has 23 heavy (non-hydrogen) atoms. The molecule has 0 unspecified atom stereocenters. The number of hydrogen-bond donors (Lipinski definition) is 1. The first-order valence-corrected chi connectivity index (χ1v) is 8.30. The molecule has 0 saturated carbocycles. The fourth-order valence-electron chi connectivity index (χ4n) is 1.87. The number of halogens is 1. The van der Waals surface area contributed by atoms with E-state index >= 15 is 0 Å². The Morgan fingerprint density at radius 2 is 1.91 bits per heavy atom. The van der Waals surface area contributed by atoms with Gasteiger partial charge in [-0.3, -0.25) is 4.72 Å².